The van der Waals surface area contributed by atoms with Crippen LogP contribution in [0.15, 0.2) is 60.0 Å². The van der Waals surface area contributed by atoms with Gasteiger partial charge in [0.15, 0.2) is 0 Å². The molecule has 0 bridgehead atoms. The summed E-state index contributed by atoms with van der Waals surface area (Å²) < 4.78 is 0. The Morgan fingerprint density at radius 3 is 2.56 bits per heavy atom. The average Bonchev–Trinajstić information content (AvgIpc) is 2.41. The van der Waals surface area contributed by atoms with Gasteiger partial charge in [-0.3, -0.25) is 4.98 Å². The number of hydrogen-bond acceptors (Lipinski definition) is 3. The van der Waals surface area contributed by atoms with E-state index in [4.69, 9.17) is 0 Å². The lowest BCUT2D eigenvalue weighted by Gasteiger charge is -2.02. The number of aromatic nitrogens is 1. The van der Waals surface area contributed by atoms with Gasteiger partial charge in [0.2, 0.25) is 0 Å². The van der Waals surface area contributed by atoms with Crippen LogP contribution >= 0.6 is 0 Å². The number of carbonyl (C=O) groups excluding carboxylic acids is 1. The summed E-state index contributed by atoms with van der Waals surface area (Å²) in [4.78, 5) is 15.3. The van der Waals surface area contributed by atoms with Crippen molar-refractivity contribution in [1.82, 2.24) is 10.4 Å². The Kier molecular flexibility index (Phi) is 4.02. The van der Waals surface area contributed by atoms with E-state index in [1.165, 1.54) is 0 Å². The predicted octanol–water partition coefficient (Wildman–Crippen LogP) is 2.24. The number of para-hydroxylation sites is 1. The molecule has 2 aromatic rings. The molecular formula is C13H12N4O. The molecule has 2 amide bonds. The molecule has 0 saturated heterocycles. The first kappa shape index (κ1) is 11.8. The fourth-order valence-electron chi connectivity index (χ4n) is 1.30. The van der Waals surface area contributed by atoms with Crippen LogP contribution in [0.4, 0.5) is 10.5 Å². The molecule has 5 nitrogen and oxygen atoms in total. The molecule has 0 radical (unpaired) electrons. The third kappa shape index (κ3) is 3.71. The molecule has 0 spiro atoms. The van der Waals surface area contributed by atoms with Gasteiger partial charge in [-0.2, -0.15) is 5.10 Å². The first-order valence-electron chi connectivity index (χ1n) is 5.40. The van der Waals surface area contributed by atoms with E-state index in [0.717, 1.165) is 5.56 Å². The molecule has 1 aromatic carbocycles. The zero-order valence-corrected chi connectivity index (χ0v) is 9.58. The molecule has 2 N–H and O–H groups in total. The number of anilines is 1. The SMILES string of the molecule is O=C(N/N=C/c1ccncc1)Nc1ccccc1. The van der Waals surface area contributed by atoms with Gasteiger partial charge in [-0.15, -0.1) is 0 Å². The zero-order valence-electron chi connectivity index (χ0n) is 9.58. The summed E-state index contributed by atoms with van der Waals surface area (Å²) in [5, 5.41) is 6.47. The topological polar surface area (TPSA) is 66.4 Å². The number of pyridine rings is 1. The minimum Gasteiger partial charge on any atom is -0.307 e. The van der Waals surface area contributed by atoms with Gasteiger partial charge < -0.3 is 5.32 Å². The molecule has 5 heteroatoms. The van der Waals surface area contributed by atoms with Crippen LogP contribution in [-0.2, 0) is 0 Å². The number of amides is 2. The summed E-state index contributed by atoms with van der Waals surface area (Å²) in [7, 11) is 0. The van der Waals surface area contributed by atoms with Crippen molar-refractivity contribution in [2.75, 3.05) is 5.32 Å². The number of hydrogen-bond donors (Lipinski definition) is 2. The minimum absolute atomic E-state index is 0.383. The molecule has 0 unspecified atom stereocenters. The summed E-state index contributed by atoms with van der Waals surface area (Å²) in [6.07, 6.45) is 4.86. The van der Waals surface area contributed by atoms with Crippen LogP contribution in [0, 0.1) is 0 Å². The van der Waals surface area contributed by atoms with Crippen LogP contribution in [-0.4, -0.2) is 17.2 Å². The quantitative estimate of drug-likeness (QED) is 0.638. The van der Waals surface area contributed by atoms with Gasteiger partial charge in [-0.25, -0.2) is 10.2 Å². The first-order chi connectivity index (χ1) is 8.84. The largest absolute Gasteiger partial charge is 0.339 e. The average molecular weight is 240 g/mol. The molecule has 0 aliphatic carbocycles. The summed E-state index contributed by atoms with van der Waals surface area (Å²) >= 11 is 0. The maximum Gasteiger partial charge on any atom is 0.339 e. The molecule has 0 atom stereocenters. The molecule has 90 valence electrons. The summed E-state index contributed by atoms with van der Waals surface area (Å²) in [5.74, 6) is 0. The van der Waals surface area contributed by atoms with Crippen molar-refractivity contribution in [1.29, 1.82) is 0 Å². The molecule has 18 heavy (non-hydrogen) atoms. The van der Waals surface area contributed by atoms with Crippen LogP contribution in [0.2, 0.25) is 0 Å². The normalized spacial score (nSPS) is 10.2. The maximum atomic E-state index is 11.5. The number of nitrogens with one attached hydrogen (secondary N) is 2. The van der Waals surface area contributed by atoms with Crippen LogP contribution in [0.25, 0.3) is 0 Å². The highest BCUT2D eigenvalue weighted by molar-refractivity contribution is 5.90. The van der Waals surface area contributed by atoms with Gasteiger partial charge in [-0.1, -0.05) is 18.2 Å². The molecule has 1 aromatic heterocycles. The van der Waals surface area contributed by atoms with Gasteiger partial charge >= 0.3 is 6.03 Å². The molecular weight excluding hydrogens is 228 g/mol. The fourth-order valence-corrected chi connectivity index (χ4v) is 1.30. The lowest BCUT2D eigenvalue weighted by atomic mass is 10.3. The van der Waals surface area contributed by atoms with Gasteiger partial charge in [0.25, 0.3) is 0 Å². The van der Waals surface area contributed by atoms with Crippen molar-refractivity contribution in [3.05, 3.63) is 60.4 Å². The molecule has 1 heterocycles. The maximum absolute atomic E-state index is 11.5. The molecule has 0 fully saturated rings. The fraction of sp³-hybridized carbons (Fsp3) is 0. The van der Waals surface area contributed by atoms with Gasteiger partial charge in [-0.05, 0) is 29.8 Å². The molecule has 0 saturated carbocycles. The van der Waals surface area contributed by atoms with E-state index in [0.29, 0.717) is 5.69 Å². The van der Waals surface area contributed by atoms with Crippen molar-refractivity contribution in [2.24, 2.45) is 5.10 Å². The first-order valence-corrected chi connectivity index (χ1v) is 5.40. The zero-order chi connectivity index (χ0) is 12.6. The van der Waals surface area contributed by atoms with Crippen molar-refractivity contribution in [3.63, 3.8) is 0 Å². The second kappa shape index (κ2) is 6.15. The second-order valence-electron chi connectivity index (χ2n) is 3.47. The highest BCUT2D eigenvalue weighted by Crippen LogP contribution is 2.03. The Morgan fingerprint density at radius 1 is 1.11 bits per heavy atom. The molecule has 2 rings (SSSR count). The second-order valence-corrected chi connectivity index (χ2v) is 3.47. The van der Waals surface area contributed by atoms with Crippen LogP contribution in [0.1, 0.15) is 5.56 Å². The molecule has 0 aliphatic rings. The minimum atomic E-state index is -0.383. The number of nitrogens with zero attached hydrogens (tertiary/aromatic N) is 2. The standard InChI is InChI=1S/C13H12N4O/c18-13(16-12-4-2-1-3-5-12)17-15-10-11-6-8-14-9-7-11/h1-10H,(H2,16,17,18)/b15-10+. The summed E-state index contributed by atoms with van der Waals surface area (Å²) in [5.41, 5.74) is 3.96. The van der Waals surface area contributed by atoms with Crippen molar-refractivity contribution in [3.8, 4) is 0 Å². The highest BCUT2D eigenvalue weighted by atomic mass is 16.2. The Hall–Kier alpha value is -2.69. The number of rotatable bonds is 3. The van der Waals surface area contributed by atoms with E-state index in [1.807, 2.05) is 18.2 Å². The number of urea groups is 1. The van der Waals surface area contributed by atoms with Crippen LogP contribution in [0.3, 0.4) is 0 Å². The van der Waals surface area contributed by atoms with Crippen molar-refractivity contribution >= 4 is 17.9 Å². The highest BCUT2D eigenvalue weighted by Gasteiger charge is 1.97. The molecule has 0 aliphatic heterocycles. The van der Waals surface area contributed by atoms with E-state index in [-0.39, 0.29) is 6.03 Å². The number of hydrazone groups is 1. The van der Waals surface area contributed by atoms with Gasteiger partial charge in [0, 0.05) is 18.1 Å². The number of benzene rings is 1. The van der Waals surface area contributed by atoms with Crippen molar-refractivity contribution in [2.45, 2.75) is 0 Å². The Labute approximate surface area is 105 Å². The van der Waals surface area contributed by atoms with E-state index >= 15 is 0 Å². The summed E-state index contributed by atoms with van der Waals surface area (Å²) in [6, 6.07) is 12.4. The van der Waals surface area contributed by atoms with Gasteiger partial charge in [0.05, 0.1) is 6.21 Å². The Balaban J connectivity index is 1.84. The van der Waals surface area contributed by atoms with E-state index in [2.05, 4.69) is 20.8 Å². The third-order valence-corrected chi connectivity index (χ3v) is 2.12. The smallest absolute Gasteiger partial charge is 0.307 e. The lowest BCUT2D eigenvalue weighted by molar-refractivity contribution is 0.252. The van der Waals surface area contributed by atoms with E-state index < -0.39 is 0 Å². The lowest BCUT2D eigenvalue weighted by Crippen LogP contribution is -2.24. The number of carbonyl (C=O) groups is 1. The predicted molar refractivity (Wildman–Crippen MR) is 70.4 cm³/mol. The van der Waals surface area contributed by atoms with Crippen LogP contribution < -0.4 is 10.7 Å². The third-order valence-electron chi connectivity index (χ3n) is 2.12. The summed E-state index contributed by atoms with van der Waals surface area (Å²) in [6.45, 7) is 0. The van der Waals surface area contributed by atoms with E-state index in [9.17, 15) is 4.79 Å². The van der Waals surface area contributed by atoms with Crippen molar-refractivity contribution < 1.29 is 4.79 Å². The Bertz CT molecular complexity index is 525. The van der Waals surface area contributed by atoms with E-state index in [1.54, 1.807) is 42.9 Å². The van der Waals surface area contributed by atoms with Crippen LogP contribution in [0.5, 0.6) is 0 Å². The van der Waals surface area contributed by atoms with Gasteiger partial charge in [0.1, 0.15) is 0 Å². The Morgan fingerprint density at radius 2 is 1.83 bits per heavy atom. The monoisotopic (exact) mass is 240 g/mol.